The fraction of sp³-hybridized carbons (Fsp3) is 0.611. The zero-order valence-corrected chi connectivity index (χ0v) is 13.5. The van der Waals surface area contributed by atoms with Gasteiger partial charge in [0.1, 0.15) is 5.75 Å². The van der Waals surface area contributed by atoms with Gasteiger partial charge in [-0.05, 0) is 56.6 Å². The number of likely N-dealkylation sites (tertiary alicyclic amines) is 1. The number of nitrogens with zero attached hydrogens (tertiary/aromatic N) is 1. The van der Waals surface area contributed by atoms with Crippen LogP contribution >= 0.6 is 0 Å². The number of aliphatic hydroxyl groups is 1. The van der Waals surface area contributed by atoms with Crippen LogP contribution in [0.25, 0.3) is 0 Å². The summed E-state index contributed by atoms with van der Waals surface area (Å²) in [6.07, 6.45) is 6.96. The molecule has 23 heavy (non-hydrogen) atoms. The number of amides is 2. The Kier molecular flexibility index (Phi) is 5.39. The number of hydrogen-bond acceptors (Lipinski definition) is 3. The molecule has 0 aromatic heterocycles. The largest absolute Gasteiger partial charge is 0.490 e. The molecule has 1 saturated heterocycles. The zero-order chi connectivity index (χ0) is 16.1. The number of aliphatic hydroxyl groups excluding tert-OH is 1. The van der Waals surface area contributed by atoms with E-state index in [1.165, 1.54) is 12.8 Å². The normalized spacial score (nSPS) is 22.1. The van der Waals surface area contributed by atoms with Crippen molar-refractivity contribution >= 4 is 11.7 Å². The van der Waals surface area contributed by atoms with E-state index in [1.54, 1.807) is 4.90 Å². The van der Waals surface area contributed by atoms with Crippen LogP contribution in [0.4, 0.5) is 10.5 Å². The molecule has 1 aromatic rings. The van der Waals surface area contributed by atoms with Gasteiger partial charge in [0.15, 0.2) is 0 Å². The first-order valence-corrected chi connectivity index (χ1v) is 8.68. The molecule has 1 unspecified atom stereocenters. The van der Waals surface area contributed by atoms with Gasteiger partial charge in [0.05, 0.1) is 6.10 Å². The van der Waals surface area contributed by atoms with Crippen LogP contribution in [0.3, 0.4) is 0 Å². The predicted octanol–water partition coefficient (Wildman–Crippen LogP) is 3.24. The van der Waals surface area contributed by atoms with Crippen molar-refractivity contribution in [1.82, 2.24) is 4.90 Å². The van der Waals surface area contributed by atoms with Crippen LogP contribution in [0.2, 0.25) is 0 Å². The van der Waals surface area contributed by atoms with Gasteiger partial charge in [0, 0.05) is 31.5 Å². The summed E-state index contributed by atoms with van der Waals surface area (Å²) in [6.45, 7) is 1.52. The lowest BCUT2D eigenvalue weighted by molar-refractivity contribution is 0.136. The number of urea groups is 1. The second-order valence-electron chi connectivity index (χ2n) is 6.62. The molecule has 3 rings (SSSR count). The Labute approximate surface area is 137 Å². The summed E-state index contributed by atoms with van der Waals surface area (Å²) in [5.41, 5.74) is 0.761. The van der Waals surface area contributed by atoms with Crippen LogP contribution in [0.5, 0.6) is 5.75 Å². The third kappa shape index (κ3) is 4.38. The van der Waals surface area contributed by atoms with Gasteiger partial charge in [-0.3, -0.25) is 0 Å². The van der Waals surface area contributed by atoms with Crippen molar-refractivity contribution in [3.63, 3.8) is 0 Å². The Bertz CT molecular complexity index is 529. The number of benzene rings is 1. The standard InChI is InChI=1S/C18H26N2O3/c21-13-14-5-4-10-20(12-14)18(22)19-15-6-3-9-17(11-15)23-16-7-1-2-8-16/h3,6,9,11,14,16,21H,1-2,4-5,7-8,10,12-13H2,(H,19,22). The first kappa shape index (κ1) is 16.1. The van der Waals surface area contributed by atoms with E-state index < -0.39 is 0 Å². The summed E-state index contributed by atoms with van der Waals surface area (Å²) in [4.78, 5) is 14.2. The number of hydrogen-bond donors (Lipinski definition) is 2. The molecule has 1 heterocycles. The van der Waals surface area contributed by atoms with E-state index in [0.717, 1.165) is 43.7 Å². The van der Waals surface area contributed by atoms with Crippen molar-refractivity contribution in [2.45, 2.75) is 44.6 Å². The molecule has 1 aromatic carbocycles. The fourth-order valence-electron chi connectivity index (χ4n) is 3.45. The number of piperidine rings is 1. The molecule has 0 bridgehead atoms. The van der Waals surface area contributed by atoms with Crippen LogP contribution in [0, 0.1) is 5.92 Å². The van der Waals surface area contributed by atoms with Crippen LogP contribution in [-0.2, 0) is 0 Å². The average Bonchev–Trinajstić information content (AvgIpc) is 3.08. The van der Waals surface area contributed by atoms with Crippen LogP contribution in [-0.4, -0.2) is 41.8 Å². The number of carbonyl (C=O) groups excluding carboxylic acids is 1. The first-order valence-electron chi connectivity index (χ1n) is 8.68. The maximum Gasteiger partial charge on any atom is 0.321 e. The number of rotatable bonds is 4. The first-order chi connectivity index (χ1) is 11.2. The summed E-state index contributed by atoms with van der Waals surface area (Å²) in [7, 11) is 0. The number of nitrogens with one attached hydrogen (secondary N) is 1. The third-order valence-electron chi connectivity index (χ3n) is 4.75. The molecule has 1 aliphatic heterocycles. The highest BCUT2D eigenvalue weighted by molar-refractivity contribution is 5.89. The Balaban J connectivity index is 1.57. The minimum Gasteiger partial charge on any atom is -0.490 e. The van der Waals surface area contributed by atoms with Gasteiger partial charge in [0.2, 0.25) is 0 Å². The van der Waals surface area contributed by atoms with Gasteiger partial charge in [-0.1, -0.05) is 6.07 Å². The summed E-state index contributed by atoms with van der Waals surface area (Å²) in [5, 5.41) is 12.2. The zero-order valence-electron chi connectivity index (χ0n) is 13.5. The van der Waals surface area contributed by atoms with Crippen molar-refractivity contribution in [2.75, 3.05) is 25.0 Å². The van der Waals surface area contributed by atoms with Crippen molar-refractivity contribution in [2.24, 2.45) is 5.92 Å². The van der Waals surface area contributed by atoms with E-state index in [2.05, 4.69) is 5.32 Å². The van der Waals surface area contributed by atoms with E-state index in [4.69, 9.17) is 4.74 Å². The van der Waals surface area contributed by atoms with E-state index >= 15 is 0 Å². The number of anilines is 1. The molecule has 5 heteroatoms. The smallest absolute Gasteiger partial charge is 0.321 e. The van der Waals surface area contributed by atoms with Gasteiger partial charge in [-0.25, -0.2) is 4.79 Å². The highest BCUT2D eigenvalue weighted by atomic mass is 16.5. The Morgan fingerprint density at radius 2 is 2.09 bits per heavy atom. The SMILES string of the molecule is O=C(Nc1cccc(OC2CCCC2)c1)N1CCCC(CO)C1. The average molecular weight is 318 g/mol. The molecular weight excluding hydrogens is 292 g/mol. The molecule has 0 spiro atoms. The van der Waals surface area contributed by atoms with E-state index in [0.29, 0.717) is 12.6 Å². The molecule has 1 saturated carbocycles. The third-order valence-corrected chi connectivity index (χ3v) is 4.75. The second-order valence-corrected chi connectivity index (χ2v) is 6.62. The van der Waals surface area contributed by atoms with Gasteiger partial charge < -0.3 is 20.1 Å². The van der Waals surface area contributed by atoms with Crippen LogP contribution in [0.15, 0.2) is 24.3 Å². The van der Waals surface area contributed by atoms with Crippen molar-refractivity contribution in [3.05, 3.63) is 24.3 Å². The number of carbonyl (C=O) groups is 1. The van der Waals surface area contributed by atoms with Gasteiger partial charge in [-0.15, -0.1) is 0 Å². The lowest BCUT2D eigenvalue weighted by Gasteiger charge is -2.31. The quantitative estimate of drug-likeness (QED) is 0.896. The summed E-state index contributed by atoms with van der Waals surface area (Å²) < 4.78 is 5.98. The summed E-state index contributed by atoms with van der Waals surface area (Å²) in [5.74, 6) is 1.02. The Hall–Kier alpha value is -1.75. The minimum atomic E-state index is -0.0961. The minimum absolute atomic E-state index is 0.0961. The molecule has 0 radical (unpaired) electrons. The van der Waals surface area contributed by atoms with Gasteiger partial charge in [-0.2, -0.15) is 0 Å². The molecular formula is C18H26N2O3. The van der Waals surface area contributed by atoms with Crippen molar-refractivity contribution < 1.29 is 14.6 Å². The van der Waals surface area contributed by atoms with Crippen molar-refractivity contribution in [3.8, 4) is 5.75 Å². The molecule has 2 amide bonds. The van der Waals surface area contributed by atoms with E-state index in [1.807, 2.05) is 24.3 Å². The van der Waals surface area contributed by atoms with Crippen molar-refractivity contribution in [1.29, 1.82) is 0 Å². The second kappa shape index (κ2) is 7.68. The maximum atomic E-state index is 12.4. The monoisotopic (exact) mass is 318 g/mol. The Morgan fingerprint density at radius 3 is 2.87 bits per heavy atom. The molecule has 2 fully saturated rings. The van der Waals surface area contributed by atoms with Crippen LogP contribution < -0.4 is 10.1 Å². The summed E-state index contributed by atoms with van der Waals surface area (Å²) in [6, 6.07) is 7.53. The van der Waals surface area contributed by atoms with E-state index in [-0.39, 0.29) is 18.6 Å². The number of ether oxygens (including phenoxy) is 1. The highest BCUT2D eigenvalue weighted by Gasteiger charge is 2.23. The molecule has 2 aliphatic rings. The predicted molar refractivity (Wildman–Crippen MR) is 89.7 cm³/mol. The molecule has 1 aliphatic carbocycles. The maximum absolute atomic E-state index is 12.4. The summed E-state index contributed by atoms with van der Waals surface area (Å²) >= 11 is 0. The van der Waals surface area contributed by atoms with Crippen LogP contribution in [0.1, 0.15) is 38.5 Å². The highest BCUT2D eigenvalue weighted by Crippen LogP contribution is 2.26. The molecule has 2 N–H and O–H groups in total. The molecule has 126 valence electrons. The van der Waals surface area contributed by atoms with Gasteiger partial charge >= 0.3 is 6.03 Å². The fourth-order valence-corrected chi connectivity index (χ4v) is 3.45. The molecule has 5 nitrogen and oxygen atoms in total. The topological polar surface area (TPSA) is 61.8 Å². The lowest BCUT2D eigenvalue weighted by Crippen LogP contribution is -2.43. The molecule has 1 atom stereocenters. The van der Waals surface area contributed by atoms with E-state index in [9.17, 15) is 9.90 Å². The lowest BCUT2D eigenvalue weighted by atomic mass is 9.99. The van der Waals surface area contributed by atoms with Gasteiger partial charge in [0.25, 0.3) is 0 Å². The Morgan fingerprint density at radius 1 is 1.26 bits per heavy atom.